The van der Waals surface area contributed by atoms with Crippen LogP contribution >= 0.6 is 0 Å². The number of sulfonamides is 1. The van der Waals surface area contributed by atoms with Gasteiger partial charge >= 0.3 is 15.6 Å². The maximum atomic E-state index is 12.1. The van der Waals surface area contributed by atoms with E-state index in [1.807, 2.05) is 0 Å². The van der Waals surface area contributed by atoms with E-state index in [1.54, 1.807) is 0 Å². The van der Waals surface area contributed by atoms with Gasteiger partial charge in [0.15, 0.2) is 5.03 Å². The highest BCUT2D eigenvalue weighted by molar-refractivity contribution is 7.90. The molecule has 0 saturated heterocycles. The Kier molecular flexibility index (Phi) is 4.34. The van der Waals surface area contributed by atoms with Gasteiger partial charge in [-0.25, -0.2) is 8.42 Å². The van der Waals surface area contributed by atoms with Crippen LogP contribution in [0.4, 0.5) is 13.2 Å². The van der Waals surface area contributed by atoms with E-state index in [2.05, 4.69) is 15.8 Å². The highest BCUT2D eigenvalue weighted by atomic mass is 32.2. The number of alkyl halides is 3. The molecule has 0 amide bonds. The molecular formula is C8H9F3N2O5S2. The van der Waals surface area contributed by atoms with Gasteiger partial charge in [-0.1, -0.05) is 11.0 Å². The smallest absolute Gasteiger partial charge is 0.345 e. The summed E-state index contributed by atoms with van der Waals surface area (Å²) in [5.74, 6) is 0. The maximum absolute atomic E-state index is 12.1. The largest absolute Gasteiger partial charge is 0.524 e. The van der Waals surface area contributed by atoms with Crippen molar-refractivity contribution in [1.29, 1.82) is 0 Å². The van der Waals surface area contributed by atoms with Crippen LogP contribution in [0.1, 0.15) is 5.69 Å². The van der Waals surface area contributed by atoms with E-state index in [9.17, 15) is 30.0 Å². The molecule has 1 N–H and O–H groups in total. The minimum atomic E-state index is -6.07. The minimum absolute atomic E-state index is 0.274. The first-order valence-corrected chi connectivity index (χ1v) is 7.58. The van der Waals surface area contributed by atoms with Gasteiger partial charge in [0.1, 0.15) is 0 Å². The number of hydroxylamine groups is 1. The summed E-state index contributed by atoms with van der Waals surface area (Å²) in [4.78, 5) is 2.30. The van der Waals surface area contributed by atoms with Crippen LogP contribution in [0.25, 0.3) is 6.08 Å². The Bertz CT molecular complexity index is 705. The zero-order chi connectivity index (χ0) is 15.8. The van der Waals surface area contributed by atoms with E-state index in [4.69, 9.17) is 0 Å². The fraction of sp³-hybridized carbons (Fsp3) is 0.250. The summed E-state index contributed by atoms with van der Waals surface area (Å²) in [6, 6.07) is 2.30. The lowest BCUT2D eigenvalue weighted by atomic mass is 10.4. The number of aromatic nitrogens is 1. The maximum Gasteiger partial charge on any atom is 0.524 e. The third-order valence-corrected chi connectivity index (χ3v) is 4.63. The molecule has 0 spiro atoms. The SMILES string of the molecule is C=Cc1ccc(S(=O)(=O)N(C)OS(=O)(=O)C(F)(F)F)[nH]1. The van der Waals surface area contributed by atoms with Gasteiger partial charge in [-0.05, 0) is 18.2 Å². The number of nitrogens with one attached hydrogen (secondary N) is 1. The zero-order valence-electron chi connectivity index (χ0n) is 9.88. The van der Waals surface area contributed by atoms with Crippen molar-refractivity contribution in [3.8, 4) is 0 Å². The third-order valence-electron chi connectivity index (χ3n) is 2.00. The molecule has 1 rings (SSSR count). The van der Waals surface area contributed by atoms with Crippen molar-refractivity contribution >= 4 is 26.2 Å². The van der Waals surface area contributed by atoms with Crippen molar-refractivity contribution < 1.29 is 34.3 Å². The van der Waals surface area contributed by atoms with Crippen molar-refractivity contribution in [2.45, 2.75) is 10.5 Å². The van der Waals surface area contributed by atoms with Crippen molar-refractivity contribution in [2.75, 3.05) is 7.05 Å². The molecule has 1 aromatic rings. The number of halogens is 3. The number of rotatable bonds is 5. The Labute approximate surface area is 112 Å². The van der Waals surface area contributed by atoms with Crippen LogP contribution in [0.5, 0.6) is 0 Å². The zero-order valence-corrected chi connectivity index (χ0v) is 11.5. The lowest BCUT2D eigenvalue weighted by molar-refractivity contribution is -0.0688. The van der Waals surface area contributed by atoms with E-state index in [0.717, 1.165) is 6.07 Å². The summed E-state index contributed by atoms with van der Waals surface area (Å²) in [5.41, 5.74) is -5.46. The molecule has 12 heteroatoms. The number of H-pyrrole nitrogens is 1. The summed E-state index contributed by atoms with van der Waals surface area (Å²) >= 11 is 0. The second-order valence-electron chi connectivity index (χ2n) is 3.37. The van der Waals surface area contributed by atoms with Crippen LogP contribution in [0.2, 0.25) is 0 Å². The molecule has 0 aromatic carbocycles. The Morgan fingerprint density at radius 3 is 2.25 bits per heavy atom. The molecule has 0 atom stereocenters. The summed E-state index contributed by atoms with van der Waals surface area (Å²) in [5, 5.41) is -0.549. The summed E-state index contributed by atoms with van der Waals surface area (Å²) in [6.45, 7) is 3.35. The van der Waals surface area contributed by atoms with Crippen molar-refractivity contribution in [3.05, 3.63) is 24.4 Å². The quantitative estimate of drug-likeness (QED) is 0.641. The van der Waals surface area contributed by atoms with Gasteiger partial charge in [-0.15, -0.1) is 0 Å². The van der Waals surface area contributed by atoms with E-state index >= 15 is 0 Å². The summed E-state index contributed by atoms with van der Waals surface area (Å²) < 4.78 is 84.4. The predicted molar refractivity (Wildman–Crippen MR) is 61.9 cm³/mol. The van der Waals surface area contributed by atoms with Crippen LogP contribution in [-0.4, -0.2) is 38.8 Å². The molecule has 0 aliphatic rings. The molecular weight excluding hydrogens is 325 g/mol. The normalized spacial score (nSPS) is 13.7. The van der Waals surface area contributed by atoms with Gasteiger partial charge in [-0.3, -0.25) is 0 Å². The van der Waals surface area contributed by atoms with Crippen molar-refractivity contribution in [2.24, 2.45) is 0 Å². The Morgan fingerprint density at radius 1 is 1.30 bits per heavy atom. The fourth-order valence-electron chi connectivity index (χ4n) is 1.02. The second kappa shape index (κ2) is 5.20. The van der Waals surface area contributed by atoms with Crippen LogP contribution in [0.3, 0.4) is 0 Å². The van der Waals surface area contributed by atoms with Crippen LogP contribution in [-0.2, 0) is 24.4 Å². The van der Waals surface area contributed by atoms with Gasteiger partial charge in [-0.2, -0.15) is 25.9 Å². The lowest BCUT2D eigenvalue weighted by Gasteiger charge is -2.16. The Balaban J connectivity index is 3.08. The highest BCUT2D eigenvalue weighted by Gasteiger charge is 2.50. The highest BCUT2D eigenvalue weighted by Crippen LogP contribution is 2.26. The first kappa shape index (κ1) is 16.7. The molecule has 0 unspecified atom stereocenters. The number of hydrogen-bond acceptors (Lipinski definition) is 5. The molecule has 0 fully saturated rings. The molecule has 0 saturated carbocycles. The van der Waals surface area contributed by atoms with Gasteiger partial charge in [0, 0.05) is 12.7 Å². The standard InChI is InChI=1S/C8H9F3N2O5S2/c1-3-6-4-5-7(12-6)19(14,15)13(2)18-20(16,17)8(9,10)11/h3-5,12H,1H2,2H3. The van der Waals surface area contributed by atoms with Gasteiger partial charge in [0.25, 0.3) is 10.0 Å². The number of nitrogens with zero attached hydrogens (tertiary/aromatic N) is 1. The molecule has 0 aliphatic carbocycles. The summed E-state index contributed by atoms with van der Waals surface area (Å²) in [7, 11) is -10.1. The van der Waals surface area contributed by atoms with Crippen LogP contribution in [0.15, 0.2) is 23.7 Å². The molecule has 1 heterocycles. The minimum Gasteiger partial charge on any atom is -0.345 e. The second-order valence-corrected chi connectivity index (χ2v) is 6.80. The topological polar surface area (TPSA) is 96.5 Å². The fourth-order valence-corrected chi connectivity index (χ4v) is 2.71. The Hall–Kier alpha value is -1.37. The number of aromatic amines is 1. The molecule has 0 radical (unpaired) electrons. The van der Waals surface area contributed by atoms with E-state index in [0.29, 0.717) is 7.05 Å². The van der Waals surface area contributed by atoms with E-state index in [1.165, 1.54) is 12.1 Å². The van der Waals surface area contributed by atoms with Gasteiger partial charge in [0.2, 0.25) is 0 Å². The first-order chi connectivity index (χ1) is 8.91. The molecule has 1 aromatic heterocycles. The third kappa shape index (κ3) is 3.20. The van der Waals surface area contributed by atoms with Gasteiger partial charge in [0.05, 0.1) is 0 Å². The van der Waals surface area contributed by atoms with Gasteiger partial charge < -0.3 is 4.98 Å². The average Bonchev–Trinajstić information content (AvgIpc) is 2.75. The summed E-state index contributed by atoms with van der Waals surface area (Å²) in [6.07, 6.45) is 1.26. The van der Waals surface area contributed by atoms with Crippen LogP contribution in [0, 0.1) is 0 Å². The van der Waals surface area contributed by atoms with E-state index in [-0.39, 0.29) is 5.69 Å². The first-order valence-electron chi connectivity index (χ1n) is 4.73. The molecule has 0 aliphatic heterocycles. The lowest BCUT2D eigenvalue weighted by Crippen LogP contribution is -2.36. The Morgan fingerprint density at radius 2 is 1.85 bits per heavy atom. The number of hydrogen-bond donors (Lipinski definition) is 1. The molecule has 114 valence electrons. The van der Waals surface area contributed by atoms with Crippen molar-refractivity contribution in [1.82, 2.24) is 9.45 Å². The molecule has 0 bridgehead atoms. The monoisotopic (exact) mass is 334 g/mol. The van der Waals surface area contributed by atoms with Crippen LogP contribution < -0.4 is 0 Å². The van der Waals surface area contributed by atoms with E-state index < -0.39 is 35.1 Å². The molecule has 20 heavy (non-hydrogen) atoms. The van der Waals surface area contributed by atoms with Crippen molar-refractivity contribution in [3.63, 3.8) is 0 Å². The molecule has 7 nitrogen and oxygen atoms in total. The average molecular weight is 334 g/mol. The predicted octanol–water partition coefficient (Wildman–Crippen LogP) is 1.06.